The molecule has 5 rings (SSSR count). The van der Waals surface area contributed by atoms with Crippen molar-refractivity contribution in [3.8, 4) is 5.69 Å². The lowest BCUT2D eigenvalue weighted by molar-refractivity contribution is 0.383. The summed E-state index contributed by atoms with van der Waals surface area (Å²) in [5.41, 5.74) is 1.52. The third-order valence-electron chi connectivity index (χ3n) is 5.41. The van der Waals surface area contributed by atoms with Crippen molar-refractivity contribution < 1.29 is 17.2 Å². The first-order chi connectivity index (χ1) is 15.4. The second kappa shape index (κ2) is 7.92. The molecular formula is C21H18F2N6O2S. The zero-order chi connectivity index (χ0) is 22.3. The normalized spacial score (nSPS) is 15.4. The highest BCUT2D eigenvalue weighted by Gasteiger charge is 2.30. The Morgan fingerprint density at radius 3 is 2.34 bits per heavy atom. The van der Waals surface area contributed by atoms with Gasteiger partial charge in [-0.15, -0.1) is 0 Å². The van der Waals surface area contributed by atoms with Crippen LogP contribution in [0.3, 0.4) is 0 Å². The molecule has 3 heterocycles. The van der Waals surface area contributed by atoms with Gasteiger partial charge in [0.1, 0.15) is 12.1 Å². The molecule has 0 saturated carbocycles. The monoisotopic (exact) mass is 456 g/mol. The van der Waals surface area contributed by atoms with Crippen LogP contribution in [0.25, 0.3) is 16.7 Å². The Balaban J connectivity index is 1.39. The number of benzene rings is 2. The number of piperazine rings is 1. The van der Waals surface area contributed by atoms with Crippen LogP contribution in [0, 0.1) is 11.6 Å². The summed E-state index contributed by atoms with van der Waals surface area (Å²) < 4.78 is 55.4. The van der Waals surface area contributed by atoms with Crippen LogP contribution in [0.5, 0.6) is 0 Å². The van der Waals surface area contributed by atoms with Crippen LogP contribution in [0.1, 0.15) is 0 Å². The Labute approximate surface area is 182 Å². The van der Waals surface area contributed by atoms with Crippen LogP contribution in [0.15, 0.2) is 66.0 Å². The van der Waals surface area contributed by atoms with E-state index in [1.807, 2.05) is 35.2 Å². The fourth-order valence-electron chi connectivity index (χ4n) is 3.77. The number of aromatic nitrogens is 4. The molecule has 32 heavy (non-hydrogen) atoms. The second-order valence-corrected chi connectivity index (χ2v) is 9.23. The molecule has 2 aromatic heterocycles. The van der Waals surface area contributed by atoms with E-state index >= 15 is 0 Å². The maximum absolute atomic E-state index is 13.5. The molecule has 0 radical (unpaired) electrons. The summed E-state index contributed by atoms with van der Waals surface area (Å²) in [6.45, 7) is 1.12. The van der Waals surface area contributed by atoms with Crippen molar-refractivity contribution in [2.45, 2.75) is 4.90 Å². The summed E-state index contributed by atoms with van der Waals surface area (Å²) in [6.07, 6.45) is 3.16. The van der Waals surface area contributed by atoms with Crippen LogP contribution in [-0.4, -0.2) is 58.7 Å². The SMILES string of the molecule is O=S(=O)(c1ccc(F)c(F)c1)N1CCN(c2ncnc3c2cnn3-c2ccccc2)CC1. The smallest absolute Gasteiger partial charge is 0.243 e. The summed E-state index contributed by atoms with van der Waals surface area (Å²) in [5.74, 6) is -1.61. The van der Waals surface area contributed by atoms with Gasteiger partial charge in [-0.3, -0.25) is 0 Å². The number of para-hydroxylation sites is 1. The maximum Gasteiger partial charge on any atom is 0.243 e. The molecule has 8 nitrogen and oxygen atoms in total. The average molecular weight is 456 g/mol. The van der Waals surface area contributed by atoms with E-state index in [1.54, 1.807) is 10.9 Å². The number of halogens is 2. The third kappa shape index (κ3) is 3.49. The molecule has 1 aliphatic heterocycles. The molecule has 0 N–H and O–H groups in total. The molecule has 0 amide bonds. The van der Waals surface area contributed by atoms with Gasteiger partial charge in [-0.2, -0.15) is 9.40 Å². The number of hydrogen-bond donors (Lipinski definition) is 0. The lowest BCUT2D eigenvalue weighted by Crippen LogP contribution is -2.49. The van der Waals surface area contributed by atoms with E-state index < -0.39 is 21.7 Å². The van der Waals surface area contributed by atoms with E-state index in [2.05, 4.69) is 15.1 Å². The van der Waals surface area contributed by atoms with E-state index in [1.165, 1.54) is 10.6 Å². The molecule has 0 spiro atoms. The standard InChI is InChI=1S/C21H18F2N6O2S/c22-18-7-6-16(12-19(18)23)32(30,31)28-10-8-27(9-11-28)20-17-13-26-29(21(17)25-14-24-20)15-4-2-1-3-5-15/h1-7,12-14H,8-11H2. The Kier molecular flexibility index (Phi) is 5.06. The number of fused-ring (bicyclic) bond motifs is 1. The van der Waals surface area contributed by atoms with E-state index in [-0.39, 0.29) is 18.0 Å². The van der Waals surface area contributed by atoms with E-state index in [0.29, 0.717) is 30.6 Å². The molecule has 0 aliphatic carbocycles. The van der Waals surface area contributed by atoms with Crippen LogP contribution >= 0.6 is 0 Å². The second-order valence-electron chi connectivity index (χ2n) is 7.29. The van der Waals surface area contributed by atoms with Gasteiger partial charge in [-0.1, -0.05) is 18.2 Å². The minimum atomic E-state index is -3.93. The number of hydrogen-bond acceptors (Lipinski definition) is 6. The topological polar surface area (TPSA) is 84.2 Å². The van der Waals surface area contributed by atoms with Crippen LogP contribution < -0.4 is 4.90 Å². The fourth-order valence-corrected chi connectivity index (χ4v) is 5.20. The molecule has 0 bridgehead atoms. The summed E-state index contributed by atoms with van der Waals surface area (Å²) in [6, 6.07) is 12.2. The minimum Gasteiger partial charge on any atom is -0.353 e. The van der Waals surface area contributed by atoms with Crippen LogP contribution in [-0.2, 0) is 10.0 Å². The number of nitrogens with zero attached hydrogens (tertiary/aromatic N) is 6. The summed E-state index contributed by atoms with van der Waals surface area (Å²) >= 11 is 0. The van der Waals surface area contributed by atoms with Crippen LogP contribution in [0.2, 0.25) is 0 Å². The van der Waals surface area contributed by atoms with Gasteiger partial charge in [0.25, 0.3) is 0 Å². The first kappa shape index (κ1) is 20.5. The van der Waals surface area contributed by atoms with E-state index in [0.717, 1.165) is 23.2 Å². The van der Waals surface area contributed by atoms with E-state index in [4.69, 9.17) is 0 Å². The zero-order valence-electron chi connectivity index (χ0n) is 16.8. The van der Waals surface area contributed by atoms with Gasteiger partial charge in [-0.25, -0.2) is 31.8 Å². The lowest BCUT2D eigenvalue weighted by Gasteiger charge is -2.34. The highest BCUT2D eigenvalue weighted by Crippen LogP contribution is 2.27. The maximum atomic E-state index is 13.5. The van der Waals surface area contributed by atoms with Gasteiger partial charge in [0.2, 0.25) is 10.0 Å². The fraction of sp³-hybridized carbons (Fsp3) is 0.190. The molecule has 1 saturated heterocycles. The van der Waals surface area contributed by atoms with Crippen molar-refractivity contribution >= 4 is 26.9 Å². The highest BCUT2D eigenvalue weighted by molar-refractivity contribution is 7.89. The Morgan fingerprint density at radius 1 is 0.875 bits per heavy atom. The molecule has 0 atom stereocenters. The quantitative estimate of drug-likeness (QED) is 0.470. The molecule has 164 valence electrons. The summed E-state index contributed by atoms with van der Waals surface area (Å²) in [4.78, 5) is 10.5. The lowest BCUT2D eigenvalue weighted by atomic mass is 10.3. The average Bonchev–Trinajstić information content (AvgIpc) is 3.26. The molecule has 1 fully saturated rings. The Hall–Kier alpha value is -3.44. The van der Waals surface area contributed by atoms with Crippen molar-refractivity contribution in [2.75, 3.05) is 31.1 Å². The Morgan fingerprint density at radius 2 is 1.62 bits per heavy atom. The minimum absolute atomic E-state index is 0.180. The van der Waals surface area contributed by atoms with Crippen molar-refractivity contribution in [1.29, 1.82) is 0 Å². The van der Waals surface area contributed by atoms with Crippen molar-refractivity contribution in [3.05, 3.63) is 72.7 Å². The van der Waals surface area contributed by atoms with E-state index in [9.17, 15) is 17.2 Å². The summed E-state index contributed by atoms with van der Waals surface area (Å²) in [7, 11) is -3.93. The van der Waals surface area contributed by atoms with Gasteiger partial charge >= 0.3 is 0 Å². The first-order valence-corrected chi connectivity index (χ1v) is 11.3. The Bertz CT molecular complexity index is 1390. The molecule has 4 aromatic rings. The van der Waals surface area contributed by atoms with Gasteiger partial charge < -0.3 is 4.90 Å². The largest absolute Gasteiger partial charge is 0.353 e. The predicted molar refractivity (Wildman–Crippen MR) is 114 cm³/mol. The van der Waals surface area contributed by atoms with Gasteiger partial charge in [-0.05, 0) is 30.3 Å². The molecule has 0 unspecified atom stereocenters. The van der Waals surface area contributed by atoms with Gasteiger partial charge in [0.05, 0.1) is 22.2 Å². The van der Waals surface area contributed by atoms with Gasteiger partial charge in [0.15, 0.2) is 17.3 Å². The number of rotatable bonds is 4. The van der Waals surface area contributed by atoms with Crippen molar-refractivity contribution in [1.82, 2.24) is 24.1 Å². The van der Waals surface area contributed by atoms with Gasteiger partial charge in [0, 0.05) is 26.2 Å². The molecule has 1 aliphatic rings. The highest BCUT2D eigenvalue weighted by atomic mass is 32.2. The summed E-state index contributed by atoms with van der Waals surface area (Å²) in [5, 5.41) is 5.20. The zero-order valence-corrected chi connectivity index (χ0v) is 17.6. The van der Waals surface area contributed by atoms with Crippen molar-refractivity contribution in [3.63, 3.8) is 0 Å². The van der Waals surface area contributed by atoms with Crippen molar-refractivity contribution in [2.24, 2.45) is 0 Å². The number of anilines is 1. The number of sulfonamides is 1. The molecular weight excluding hydrogens is 438 g/mol. The molecule has 2 aromatic carbocycles. The predicted octanol–water partition coefficient (Wildman–Crippen LogP) is 2.60. The molecule has 11 heteroatoms. The first-order valence-electron chi connectivity index (χ1n) is 9.89. The van der Waals surface area contributed by atoms with Crippen LogP contribution in [0.4, 0.5) is 14.6 Å². The third-order valence-corrected chi connectivity index (χ3v) is 7.31.